The Morgan fingerprint density at radius 3 is 2.10 bits per heavy atom. The van der Waals surface area contributed by atoms with E-state index in [4.69, 9.17) is 27.6 Å². The summed E-state index contributed by atoms with van der Waals surface area (Å²) in [5.74, 6) is 0.118. The maximum atomic E-state index is 12.8. The van der Waals surface area contributed by atoms with E-state index in [-0.39, 0.29) is 16.5 Å². The summed E-state index contributed by atoms with van der Waals surface area (Å²) < 4.78 is 6.01. The average molecular weight is 433 g/mol. The molecule has 0 aliphatic rings. The third-order valence-corrected chi connectivity index (χ3v) is 5.27. The Labute approximate surface area is 183 Å². The van der Waals surface area contributed by atoms with Gasteiger partial charge in [0.25, 0.3) is 5.91 Å². The number of carbonyl (C=O) groups excluding carboxylic acids is 1. The van der Waals surface area contributed by atoms with Gasteiger partial charge in [-0.3, -0.25) is 10.1 Å². The van der Waals surface area contributed by atoms with E-state index in [0.29, 0.717) is 21.9 Å². The van der Waals surface area contributed by atoms with Crippen molar-refractivity contribution in [3.8, 4) is 28.5 Å². The zero-order chi connectivity index (χ0) is 21.1. The van der Waals surface area contributed by atoms with E-state index in [1.807, 2.05) is 60.7 Å². The number of benzene rings is 3. The van der Waals surface area contributed by atoms with Gasteiger partial charge in [0.15, 0.2) is 0 Å². The number of rotatable bonds is 4. The molecule has 3 aromatic carbocycles. The zero-order valence-corrected chi connectivity index (χ0v) is 17.0. The van der Waals surface area contributed by atoms with E-state index in [9.17, 15) is 10.1 Å². The van der Waals surface area contributed by atoms with Gasteiger partial charge in [0.05, 0.1) is 10.0 Å². The van der Waals surface area contributed by atoms with Crippen LogP contribution in [0.4, 0.5) is 5.88 Å². The Morgan fingerprint density at radius 1 is 0.867 bits per heavy atom. The summed E-state index contributed by atoms with van der Waals surface area (Å²) in [6, 6.07) is 25.6. The van der Waals surface area contributed by atoms with Crippen molar-refractivity contribution in [2.24, 2.45) is 0 Å². The molecule has 1 aromatic heterocycles. The van der Waals surface area contributed by atoms with Crippen molar-refractivity contribution in [1.29, 1.82) is 5.26 Å². The summed E-state index contributed by atoms with van der Waals surface area (Å²) in [6.45, 7) is 0. The number of anilines is 1. The van der Waals surface area contributed by atoms with Crippen LogP contribution in [0.1, 0.15) is 15.9 Å². The van der Waals surface area contributed by atoms with Crippen LogP contribution in [0.15, 0.2) is 83.3 Å². The molecule has 0 saturated carbocycles. The van der Waals surface area contributed by atoms with Gasteiger partial charge in [-0.05, 0) is 23.8 Å². The standard InChI is InChI=1S/C24H14Cl2N2O2/c25-19-12-11-17(13-20(19)26)23(29)28-24-18(14-27)21(15-7-3-1-4-8-15)22(30-24)16-9-5-2-6-10-16/h1-13H,(H,28,29). The van der Waals surface area contributed by atoms with Crippen molar-refractivity contribution in [3.63, 3.8) is 0 Å². The number of amides is 1. The smallest absolute Gasteiger partial charge is 0.258 e. The highest BCUT2D eigenvalue weighted by atomic mass is 35.5. The third kappa shape index (κ3) is 3.81. The Morgan fingerprint density at radius 2 is 1.50 bits per heavy atom. The predicted octanol–water partition coefficient (Wildman–Crippen LogP) is 7.04. The maximum absolute atomic E-state index is 12.8. The van der Waals surface area contributed by atoms with Crippen LogP contribution in [0.3, 0.4) is 0 Å². The summed E-state index contributed by atoms with van der Waals surface area (Å²) in [5, 5.41) is 13.2. The molecule has 0 unspecified atom stereocenters. The number of nitrogens with one attached hydrogen (secondary N) is 1. The van der Waals surface area contributed by atoms with Crippen molar-refractivity contribution in [2.45, 2.75) is 0 Å². The quantitative estimate of drug-likeness (QED) is 0.375. The van der Waals surface area contributed by atoms with E-state index in [1.165, 1.54) is 12.1 Å². The average Bonchev–Trinajstić information content (AvgIpc) is 3.15. The highest BCUT2D eigenvalue weighted by Crippen LogP contribution is 2.41. The second kappa shape index (κ2) is 8.46. The minimum Gasteiger partial charge on any atom is -0.438 e. The minimum atomic E-state index is -0.460. The number of hydrogen-bond acceptors (Lipinski definition) is 3. The van der Waals surface area contributed by atoms with Gasteiger partial charge in [0, 0.05) is 16.7 Å². The van der Waals surface area contributed by atoms with Crippen molar-refractivity contribution in [1.82, 2.24) is 0 Å². The highest BCUT2D eigenvalue weighted by Gasteiger charge is 2.24. The number of nitrogens with zero attached hydrogens (tertiary/aromatic N) is 1. The molecular weight excluding hydrogens is 419 g/mol. The van der Waals surface area contributed by atoms with Gasteiger partial charge < -0.3 is 4.42 Å². The lowest BCUT2D eigenvalue weighted by Crippen LogP contribution is -2.12. The summed E-state index contributed by atoms with van der Waals surface area (Å²) in [4.78, 5) is 12.8. The summed E-state index contributed by atoms with van der Waals surface area (Å²) in [7, 11) is 0. The minimum absolute atomic E-state index is 0.0753. The van der Waals surface area contributed by atoms with Crippen molar-refractivity contribution < 1.29 is 9.21 Å². The number of hydrogen-bond donors (Lipinski definition) is 1. The van der Waals surface area contributed by atoms with Gasteiger partial charge in [-0.15, -0.1) is 0 Å². The summed E-state index contributed by atoms with van der Waals surface area (Å²) >= 11 is 11.9. The fraction of sp³-hybridized carbons (Fsp3) is 0. The molecule has 1 amide bonds. The van der Waals surface area contributed by atoms with Crippen molar-refractivity contribution >= 4 is 35.0 Å². The van der Waals surface area contributed by atoms with Gasteiger partial charge in [-0.25, -0.2) is 0 Å². The third-order valence-electron chi connectivity index (χ3n) is 4.53. The van der Waals surface area contributed by atoms with E-state index in [2.05, 4.69) is 11.4 Å². The lowest BCUT2D eigenvalue weighted by Gasteiger charge is -2.04. The van der Waals surface area contributed by atoms with Crippen LogP contribution in [-0.2, 0) is 0 Å². The first-order valence-corrected chi connectivity index (χ1v) is 9.78. The van der Waals surface area contributed by atoms with Crippen LogP contribution in [0.5, 0.6) is 0 Å². The van der Waals surface area contributed by atoms with Gasteiger partial charge in [-0.2, -0.15) is 5.26 Å². The van der Waals surface area contributed by atoms with E-state index >= 15 is 0 Å². The molecule has 0 saturated heterocycles. The second-order valence-electron chi connectivity index (χ2n) is 6.44. The van der Waals surface area contributed by atoms with Crippen molar-refractivity contribution in [3.05, 3.63) is 100 Å². The lowest BCUT2D eigenvalue weighted by atomic mass is 9.98. The Balaban J connectivity index is 1.83. The first kappa shape index (κ1) is 19.8. The largest absolute Gasteiger partial charge is 0.438 e. The molecule has 0 fully saturated rings. The van der Waals surface area contributed by atoms with Gasteiger partial charge in [-0.1, -0.05) is 83.9 Å². The molecular formula is C24H14Cl2N2O2. The number of nitriles is 1. The fourth-order valence-electron chi connectivity index (χ4n) is 3.11. The zero-order valence-electron chi connectivity index (χ0n) is 15.5. The van der Waals surface area contributed by atoms with Gasteiger partial charge in [0.1, 0.15) is 17.4 Å². The normalized spacial score (nSPS) is 10.4. The topological polar surface area (TPSA) is 66.0 Å². The van der Waals surface area contributed by atoms with Gasteiger partial charge >= 0.3 is 0 Å². The molecule has 0 aliphatic heterocycles. The Hall–Kier alpha value is -3.52. The van der Waals surface area contributed by atoms with Crippen LogP contribution < -0.4 is 5.32 Å². The lowest BCUT2D eigenvalue weighted by molar-refractivity contribution is 0.102. The van der Waals surface area contributed by atoms with Crippen LogP contribution in [-0.4, -0.2) is 5.91 Å². The van der Waals surface area contributed by atoms with Crippen LogP contribution in [0.25, 0.3) is 22.5 Å². The van der Waals surface area contributed by atoms with Crippen molar-refractivity contribution in [2.75, 3.05) is 5.32 Å². The molecule has 6 heteroatoms. The van der Waals surface area contributed by atoms with E-state index in [0.717, 1.165) is 11.1 Å². The first-order chi connectivity index (χ1) is 14.6. The first-order valence-electron chi connectivity index (χ1n) is 9.02. The number of furan rings is 1. The molecule has 0 aliphatic carbocycles. The van der Waals surface area contributed by atoms with E-state index < -0.39 is 5.91 Å². The summed E-state index contributed by atoms with van der Waals surface area (Å²) in [6.07, 6.45) is 0. The summed E-state index contributed by atoms with van der Waals surface area (Å²) in [5.41, 5.74) is 2.77. The second-order valence-corrected chi connectivity index (χ2v) is 7.25. The monoisotopic (exact) mass is 432 g/mol. The van der Waals surface area contributed by atoms with Crippen LogP contribution in [0, 0.1) is 11.3 Å². The fourth-order valence-corrected chi connectivity index (χ4v) is 3.41. The maximum Gasteiger partial charge on any atom is 0.258 e. The molecule has 30 heavy (non-hydrogen) atoms. The molecule has 4 nitrogen and oxygen atoms in total. The van der Waals surface area contributed by atoms with Crippen LogP contribution in [0.2, 0.25) is 10.0 Å². The molecule has 146 valence electrons. The molecule has 1 N–H and O–H groups in total. The molecule has 0 spiro atoms. The van der Waals surface area contributed by atoms with Gasteiger partial charge in [0.2, 0.25) is 5.88 Å². The molecule has 4 aromatic rings. The SMILES string of the molecule is N#Cc1c(NC(=O)c2ccc(Cl)c(Cl)c2)oc(-c2ccccc2)c1-c1ccccc1. The Bertz CT molecular complexity index is 1260. The molecule has 4 rings (SSSR count). The highest BCUT2D eigenvalue weighted by molar-refractivity contribution is 6.42. The molecule has 0 bridgehead atoms. The molecule has 0 atom stereocenters. The van der Waals surface area contributed by atoms with Crippen LogP contribution >= 0.6 is 23.2 Å². The molecule has 0 radical (unpaired) electrons. The molecule has 1 heterocycles. The predicted molar refractivity (Wildman–Crippen MR) is 119 cm³/mol. The number of carbonyl (C=O) groups is 1. The van der Waals surface area contributed by atoms with E-state index in [1.54, 1.807) is 6.07 Å². The Kier molecular flexibility index (Phi) is 5.58. The number of halogens is 2.